The first-order chi connectivity index (χ1) is 11.5. The average Bonchev–Trinajstić information content (AvgIpc) is 2.98. The molecule has 1 N–H and O–H groups in total. The smallest absolute Gasteiger partial charge is 0.335 e. The fourth-order valence-electron chi connectivity index (χ4n) is 2.53. The van der Waals surface area contributed by atoms with Crippen molar-refractivity contribution in [3.63, 3.8) is 0 Å². The molecule has 2 heterocycles. The Kier molecular flexibility index (Phi) is 4.31. The average molecular weight is 340 g/mol. The van der Waals surface area contributed by atoms with Gasteiger partial charge in [-0.25, -0.2) is 9.78 Å². The predicted molar refractivity (Wildman–Crippen MR) is 96.6 cm³/mol. The van der Waals surface area contributed by atoms with Gasteiger partial charge in [0.05, 0.1) is 16.6 Å². The highest BCUT2D eigenvalue weighted by molar-refractivity contribution is 7.12. The van der Waals surface area contributed by atoms with Gasteiger partial charge in [-0.3, -0.25) is 4.79 Å². The summed E-state index contributed by atoms with van der Waals surface area (Å²) in [5, 5.41) is 9.14. The van der Waals surface area contributed by atoms with Crippen LogP contribution in [0.4, 0.5) is 0 Å². The largest absolute Gasteiger partial charge is 0.478 e. The molecule has 3 aromatic rings. The van der Waals surface area contributed by atoms with Crippen LogP contribution in [0.15, 0.2) is 35.1 Å². The van der Waals surface area contributed by atoms with E-state index in [0.29, 0.717) is 23.3 Å². The second-order valence-corrected chi connectivity index (χ2v) is 6.66. The highest BCUT2D eigenvalue weighted by atomic mass is 32.1. The van der Waals surface area contributed by atoms with Crippen molar-refractivity contribution in [3.8, 4) is 0 Å². The number of aromatic nitrogens is 2. The Morgan fingerprint density at radius 2 is 2.08 bits per heavy atom. The van der Waals surface area contributed by atoms with Crippen LogP contribution in [-0.2, 0) is 6.54 Å². The maximum absolute atomic E-state index is 12.6. The lowest BCUT2D eigenvalue weighted by molar-refractivity contribution is 0.0697. The summed E-state index contributed by atoms with van der Waals surface area (Å²) in [4.78, 5) is 30.4. The number of aryl methyl sites for hydroxylation is 2. The molecule has 0 aliphatic carbocycles. The van der Waals surface area contributed by atoms with E-state index in [4.69, 9.17) is 5.11 Å². The van der Waals surface area contributed by atoms with Crippen LogP contribution in [0.3, 0.4) is 0 Å². The molecule has 0 aliphatic heterocycles. The van der Waals surface area contributed by atoms with Crippen LogP contribution in [0.25, 0.3) is 23.2 Å². The summed E-state index contributed by atoms with van der Waals surface area (Å²) in [5.74, 6) is -1.01. The quantitative estimate of drug-likeness (QED) is 0.787. The zero-order valence-corrected chi connectivity index (χ0v) is 14.1. The zero-order chi connectivity index (χ0) is 17.3. The monoisotopic (exact) mass is 340 g/mol. The highest BCUT2D eigenvalue weighted by Gasteiger charge is 2.11. The number of fused-ring (bicyclic) bond motifs is 1. The number of benzene rings is 1. The number of rotatable bonds is 4. The van der Waals surface area contributed by atoms with Gasteiger partial charge in [-0.15, -0.1) is 11.3 Å². The number of hydrogen-bond acceptors (Lipinski definition) is 4. The summed E-state index contributed by atoms with van der Waals surface area (Å²) in [6.45, 7) is 4.39. The summed E-state index contributed by atoms with van der Waals surface area (Å²) in [7, 11) is 0. The first kappa shape index (κ1) is 16.1. The fraction of sp³-hybridized carbons (Fsp3) is 0.167. The van der Waals surface area contributed by atoms with Gasteiger partial charge in [-0.1, -0.05) is 0 Å². The molecule has 0 radical (unpaired) electrons. The minimum Gasteiger partial charge on any atom is -0.478 e. The van der Waals surface area contributed by atoms with E-state index in [0.717, 1.165) is 4.88 Å². The molecule has 24 heavy (non-hydrogen) atoms. The number of hydrogen-bond donors (Lipinski definition) is 1. The molecular weight excluding hydrogens is 324 g/mol. The van der Waals surface area contributed by atoms with Gasteiger partial charge in [0.2, 0.25) is 0 Å². The number of nitrogens with zero attached hydrogens (tertiary/aromatic N) is 2. The van der Waals surface area contributed by atoms with Gasteiger partial charge >= 0.3 is 5.97 Å². The van der Waals surface area contributed by atoms with Gasteiger partial charge in [0.15, 0.2) is 0 Å². The Morgan fingerprint density at radius 3 is 2.71 bits per heavy atom. The predicted octanol–water partition coefficient (Wildman–Crippen LogP) is 3.65. The van der Waals surface area contributed by atoms with E-state index in [1.165, 1.54) is 17.0 Å². The third-order valence-electron chi connectivity index (χ3n) is 3.70. The molecule has 0 saturated heterocycles. The molecule has 0 spiro atoms. The molecule has 0 atom stereocenters. The Balaban J connectivity index is 2.16. The second-order valence-electron chi connectivity index (χ2n) is 5.34. The zero-order valence-electron chi connectivity index (χ0n) is 13.3. The molecule has 0 bridgehead atoms. The van der Waals surface area contributed by atoms with Crippen LogP contribution in [-0.4, -0.2) is 20.6 Å². The normalized spacial score (nSPS) is 11.4. The van der Waals surface area contributed by atoms with Crippen molar-refractivity contribution in [2.24, 2.45) is 0 Å². The van der Waals surface area contributed by atoms with E-state index in [1.807, 2.05) is 32.1 Å². The maximum atomic E-state index is 12.6. The highest BCUT2D eigenvalue weighted by Crippen LogP contribution is 2.18. The third-order valence-corrected chi connectivity index (χ3v) is 4.67. The van der Waals surface area contributed by atoms with Crippen molar-refractivity contribution in [3.05, 3.63) is 61.7 Å². The van der Waals surface area contributed by atoms with Gasteiger partial charge in [0.25, 0.3) is 5.56 Å². The molecule has 3 rings (SSSR count). The van der Waals surface area contributed by atoms with E-state index >= 15 is 0 Å². The summed E-state index contributed by atoms with van der Waals surface area (Å²) >= 11 is 1.63. The van der Waals surface area contributed by atoms with Crippen molar-refractivity contribution in [1.82, 2.24) is 9.55 Å². The number of carboxylic acids is 1. The molecule has 0 saturated carbocycles. The van der Waals surface area contributed by atoms with Crippen molar-refractivity contribution >= 4 is 40.5 Å². The number of aromatic carboxylic acids is 1. The number of carbonyl (C=O) groups is 1. The van der Waals surface area contributed by atoms with Crippen molar-refractivity contribution < 1.29 is 9.90 Å². The lowest BCUT2D eigenvalue weighted by Gasteiger charge is -2.09. The standard InChI is InChI=1S/C18H16N2O3S/c1-3-20-16-9-5-12(18(22)23)10-15(16)19-14(17(20)21)8-7-13-6-4-11(2)24-13/h4-10H,3H2,1-2H3,(H,22,23)/b8-7+. The van der Waals surface area contributed by atoms with E-state index in [9.17, 15) is 9.59 Å². The molecule has 6 heteroatoms. The summed E-state index contributed by atoms with van der Waals surface area (Å²) in [6.07, 6.45) is 3.54. The van der Waals surface area contributed by atoms with Crippen LogP contribution >= 0.6 is 11.3 Å². The molecule has 0 aliphatic rings. The fourth-order valence-corrected chi connectivity index (χ4v) is 3.31. The van der Waals surface area contributed by atoms with Crippen molar-refractivity contribution in [2.75, 3.05) is 0 Å². The van der Waals surface area contributed by atoms with Crippen LogP contribution < -0.4 is 5.56 Å². The lowest BCUT2D eigenvalue weighted by atomic mass is 10.2. The molecule has 0 unspecified atom stereocenters. The van der Waals surface area contributed by atoms with Crippen molar-refractivity contribution in [1.29, 1.82) is 0 Å². The van der Waals surface area contributed by atoms with E-state index in [1.54, 1.807) is 28.0 Å². The number of thiophene rings is 1. The van der Waals surface area contributed by atoms with Crippen LogP contribution in [0.1, 0.15) is 32.7 Å². The van der Waals surface area contributed by atoms with Crippen LogP contribution in [0, 0.1) is 6.92 Å². The first-order valence-electron chi connectivity index (χ1n) is 7.52. The van der Waals surface area contributed by atoms with Crippen LogP contribution in [0.5, 0.6) is 0 Å². The molecule has 1 aromatic carbocycles. The molecule has 2 aromatic heterocycles. The summed E-state index contributed by atoms with van der Waals surface area (Å²) in [6, 6.07) is 8.62. The Bertz CT molecular complexity index is 1010. The molecule has 122 valence electrons. The van der Waals surface area contributed by atoms with Crippen molar-refractivity contribution in [2.45, 2.75) is 20.4 Å². The Hall–Kier alpha value is -2.73. The summed E-state index contributed by atoms with van der Waals surface area (Å²) < 4.78 is 1.60. The molecule has 0 amide bonds. The Labute approximate surface area is 142 Å². The maximum Gasteiger partial charge on any atom is 0.335 e. The minimum absolute atomic E-state index is 0.153. The lowest BCUT2D eigenvalue weighted by Crippen LogP contribution is -2.23. The van der Waals surface area contributed by atoms with Gasteiger partial charge in [-0.2, -0.15) is 0 Å². The van der Waals surface area contributed by atoms with Crippen LogP contribution in [0.2, 0.25) is 0 Å². The van der Waals surface area contributed by atoms with E-state index in [-0.39, 0.29) is 11.1 Å². The molecule has 0 fully saturated rings. The topological polar surface area (TPSA) is 72.2 Å². The van der Waals surface area contributed by atoms with E-state index in [2.05, 4.69) is 4.98 Å². The first-order valence-corrected chi connectivity index (χ1v) is 8.33. The Morgan fingerprint density at radius 1 is 1.29 bits per heavy atom. The van der Waals surface area contributed by atoms with Gasteiger partial charge in [0.1, 0.15) is 5.69 Å². The van der Waals surface area contributed by atoms with Gasteiger partial charge < -0.3 is 9.67 Å². The minimum atomic E-state index is -1.01. The summed E-state index contributed by atoms with van der Waals surface area (Å²) in [5.41, 5.74) is 1.41. The number of carboxylic acid groups (broad SMARTS) is 1. The second kappa shape index (κ2) is 6.41. The molecule has 5 nitrogen and oxygen atoms in total. The van der Waals surface area contributed by atoms with E-state index < -0.39 is 5.97 Å². The molecular formula is C18H16N2O3S. The van der Waals surface area contributed by atoms with Gasteiger partial charge in [-0.05, 0) is 56.3 Å². The third kappa shape index (κ3) is 3.00. The SMILES string of the molecule is CCn1c(=O)c(/C=C/c2ccc(C)s2)nc2cc(C(=O)O)ccc21. The van der Waals surface area contributed by atoms with Gasteiger partial charge in [0, 0.05) is 16.3 Å².